The Morgan fingerprint density at radius 2 is 1.81 bits per heavy atom. The molecule has 0 radical (unpaired) electrons. The van der Waals surface area contributed by atoms with Crippen LogP contribution in [0.1, 0.15) is 43.6 Å². The molecule has 0 atom stereocenters. The summed E-state index contributed by atoms with van der Waals surface area (Å²) in [5, 5.41) is 11.2. The predicted molar refractivity (Wildman–Crippen MR) is 154 cm³/mol. The fourth-order valence-electron chi connectivity index (χ4n) is 5.11. The summed E-state index contributed by atoms with van der Waals surface area (Å²) in [4.78, 5) is 15.2. The fourth-order valence-corrected chi connectivity index (χ4v) is 5.11. The quantitative estimate of drug-likeness (QED) is 0.188. The number of pyridine rings is 1. The molecule has 37 heavy (non-hydrogen) atoms. The number of benzene rings is 3. The van der Waals surface area contributed by atoms with E-state index in [1.165, 1.54) is 31.5 Å². The number of para-hydroxylation sites is 1. The number of aromatic amines is 1. The van der Waals surface area contributed by atoms with Crippen LogP contribution in [0.4, 0.5) is 5.69 Å². The number of rotatable bonds is 6. The number of nitrogens with one attached hydrogen (secondary N) is 2. The monoisotopic (exact) mass is 490 g/mol. The van der Waals surface area contributed by atoms with E-state index < -0.39 is 0 Å². The number of H-pyrrole nitrogens is 1. The predicted octanol–water partition coefficient (Wildman–Crippen LogP) is 6.44. The zero-order valence-electron chi connectivity index (χ0n) is 21.6. The molecular formula is C31H34N6. The van der Waals surface area contributed by atoms with E-state index in [0.29, 0.717) is 22.8 Å². The van der Waals surface area contributed by atoms with E-state index in [1.807, 2.05) is 62.6 Å². The third-order valence-corrected chi connectivity index (χ3v) is 7.03. The number of imidazole rings is 1. The summed E-state index contributed by atoms with van der Waals surface area (Å²) in [6.45, 7) is 7.43. The van der Waals surface area contributed by atoms with Crippen LogP contribution in [0.15, 0.2) is 73.1 Å². The van der Waals surface area contributed by atoms with Crippen molar-refractivity contribution in [2.75, 3.05) is 25.4 Å². The highest BCUT2D eigenvalue weighted by atomic mass is 15.1. The second kappa shape index (κ2) is 10.9. The molecule has 0 aliphatic carbocycles. The van der Waals surface area contributed by atoms with Crippen molar-refractivity contribution < 1.29 is 0 Å². The van der Waals surface area contributed by atoms with Gasteiger partial charge in [0, 0.05) is 41.1 Å². The van der Waals surface area contributed by atoms with Crippen LogP contribution >= 0.6 is 0 Å². The Labute approximate surface area is 218 Å². The molecule has 1 fully saturated rings. The molecule has 6 heteroatoms. The summed E-state index contributed by atoms with van der Waals surface area (Å²) in [7, 11) is 0. The Morgan fingerprint density at radius 3 is 2.65 bits per heavy atom. The largest absolute Gasteiger partial charge is 0.398 e. The Bertz CT molecular complexity index is 1540. The Morgan fingerprint density at radius 1 is 1.00 bits per heavy atom. The highest BCUT2D eigenvalue weighted by Crippen LogP contribution is 2.31. The van der Waals surface area contributed by atoms with Crippen molar-refractivity contribution in [3.63, 3.8) is 0 Å². The first kappa shape index (κ1) is 24.7. The van der Waals surface area contributed by atoms with Crippen LogP contribution in [0.3, 0.4) is 0 Å². The first-order chi connectivity index (χ1) is 18.2. The number of nitrogen functional groups attached to an aromatic ring is 1. The van der Waals surface area contributed by atoms with E-state index in [-0.39, 0.29) is 0 Å². The number of hydrogen-bond acceptors (Lipinski definition) is 5. The van der Waals surface area contributed by atoms with E-state index in [4.69, 9.17) is 16.1 Å². The van der Waals surface area contributed by atoms with Crippen LogP contribution in [0.5, 0.6) is 0 Å². The molecule has 0 saturated carbocycles. The maximum atomic E-state index is 8.98. The van der Waals surface area contributed by atoms with Gasteiger partial charge >= 0.3 is 0 Å². The maximum Gasteiger partial charge on any atom is 0.157 e. The van der Waals surface area contributed by atoms with Crippen molar-refractivity contribution >= 4 is 33.2 Å². The first-order valence-corrected chi connectivity index (χ1v) is 13.2. The van der Waals surface area contributed by atoms with Gasteiger partial charge in [-0.1, -0.05) is 56.3 Å². The van der Waals surface area contributed by atoms with Crippen molar-refractivity contribution in [3.8, 4) is 11.1 Å². The van der Waals surface area contributed by atoms with Crippen LogP contribution in [0, 0.1) is 5.41 Å². The number of hydrogen-bond donors (Lipinski definition) is 3. The minimum atomic E-state index is 0.291. The molecule has 5 aromatic rings. The number of fused-ring (bicyclic) bond motifs is 2. The van der Waals surface area contributed by atoms with Crippen LogP contribution in [-0.2, 0) is 6.42 Å². The lowest BCUT2D eigenvalue weighted by atomic mass is 9.97. The third-order valence-electron chi connectivity index (χ3n) is 7.03. The molecule has 1 aliphatic rings. The van der Waals surface area contributed by atoms with Gasteiger partial charge in [0.1, 0.15) is 5.71 Å². The fraction of sp³-hybridized carbons (Fsp3) is 0.258. The molecule has 1 aliphatic heterocycles. The second-order valence-corrected chi connectivity index (χ2v) is 9.28. The van der Waals surface area contributed by atoms with Crippen LogP contribution in [0.25, 0.3) is 32.9 Å². The van der Waals surface area contributed by atoms with Crippen LogP contribution in [-0.4, -0.2) is 45.2 Å². The van der Waals surface area contributed by atoms with E-state index in [2.05, 4.69) is 39.1 Å². The smallest absolute Gasteiger partial charge is 0.157 e. The van der Waals surface area contributed by atoms with Gasteiger partial charge in [0.15, 0.2) is 5.82 Å². The average Bonchev–Trinajstić information content (AvgIpc) is 3.63. The molecule has 3 aromatic carbocycles. The van der Waals surface area contributed by atoms with Gasteiger partial charge in [0.05, 0.1) is 11.0 Å². The summed E-state index contributed by atoms with van der Waals surface area (Å²) in [5.74, 6) is 0.536. The second-order valence-electron chi connectivity index (χ2n) is 9.28. The van der Waals surface area contributed by atoms with Crippen molar-refractivity contribution in [3.05, 3.63) is 90.0 Å². The van der Waals surface area contributed by atoms with Crippen molar-refractivity contribution in [1.29, 1.82) is 5.41 Å². The van der Waals surface area contributed by atoms with Gasteiger partial charge < -0.3 is 15.6 Å². The zero-order valence-corrected chi connectivity index (χ0v) is 21.6. The lowest BCUT2D eigenvalue weighted by Gasteiger charge is -2.14. The summed E-state index contributed by atoms with van der Waals surface area (Å²) in [6.07, 6.45) is 7.29. The molecule has 0 unspecified atom stereocenters. The molecule has 2 aromatic heterocycles. The standard InChI is InChI=1S/C29H28N6.C2H6/c30-25-11-10-20(24-18-32-17-21-6-1-2-8-22(21)24)16-23(25)27(31)29-33-26-9-5-7-19(28(26)34-29)12-15-35-13-3-4-14-35;1-2/h1-2,5-11,16-18,31H,3-4,12-15,30H2,(H,33,34);1-2H3. The lowest BCUT2D eigenvalue weighted by molar-refractivity contribution is 0.344. The number of aromatic nitrogens is 3. The number of nitrogens with zero attached hydrogens (tertiary/aromatic N) is 3. The molecule has 6 nitrogen and oxygen atoms in total. The van der Waals surface area contributed by atoms with Gasteiger partial charge in [-0.05, 0) is 67.1 Å². The Hall–Kier alpha value is -4.03. The summed E-state index contributed by atoms with van der Waals surface area (Å²) < 4.78 is 0. The minimum absolute atomic E-state index is 0.291. The Balaban J connectivity index is 0.00000137. The van der Waals surface area contributed by atoms with E-state index in [0.717, 1.165) is 45.9 Å². The van der Waals surface area contributed by atoms with E-state index in [9.17, 15) is 0 Å². The van der Waals surface area contributed by atoms with Gasteiger partial charge in [-0.3, -0.25) is 10.4 Å². The third kappa shape index (κ3) is 4.98. The highest BCUT2D eigenvalue weighted by molar-refractivity contribution is 6.13. The normalized spacial score (nSPS) is 13.6. The molecule has 0 bridgehead atoms. The molecule has 4 N–H and O–H groups in total. The van der Waals surface area contributed by atoms with Crippen molar-refractivity contribution in [2.45, 2.75) is 33.1 Å². The van der Waals surface area contributed by atoms with Gasteiger partial charge in [-0.25, -0.2) is 4.98 Å². The number of nitrogens with two attached hydrogens (primary N) is 1. The first-order valence-electron chi connectivity index (χ1n) is 13.2. The molecule has 1 saturated heterocycles. The van der Waals surface area contributed by atoms with Gasteiger partial charge in [-0.15, -0.1) is 0 Å². The molecule has 6 rings (SSSR count). The molecule has 188 valence electrons. The van der Waals surface area contributed by atoms with E-state index in [1.54, 1.807) is 0 Å². The summed E-state index contributed by atoms with van der Waals surface area (Å²) in [5.41, 5.74) is 13.0. The van der Waals surface area contributed by atoms with Gasteiger partial charge in [-0.2, -0.15) is 0 Å². The van der Waals surface area contributed by atoms with Crippen molar-refractivity contribution in [2.24, 2.45) is 0 Å². The highest BCUT2D eigenvalue weighted by Gasteiger charge is 2.17. The molecular weight excluding hydrogens is 456 g/mol. The number of anilines is 1. The lowest BCUT2D eigenvalue weighted by Crippen LogP contribution is -2.22. The van der Waals surface area contributed by atoms with Gasteiger partial charge in [0.2, 0.25) is 0 Å². The summed E-state index contributed by atoms with van der Waals surface area (Å²) >= 11 is 0. The minimum Gasteiger partial charge on any atom is -0.398 e. The SMILES string of the molecule is CC.N=C(c1nc2c(CCN3CCCC3)cccc2[nH]1)c1cc(-c2cncc3ccccc23)ccc1N. The molecule has 0 spiro atoms. The van der Waals surface area contributed by atoms with E-state index >= 15 is 0 Å². The number of likely N-dealkylation sites (tertiary alicyclic amines) is 1. The zero-order chi connectivity index (χ0) is 25.8. The topological polar surface area (TPSA) is 94.7 Å². The Kier molecular flexibility index (Phi) is 7.28. The maximum absolute atomic E-state index is 8.98. The molecule has 3 heterocycles. The molecule has 0 amide bonds. The average molecular weight is 491 g/mol. The van der Waals surface area contributed by atoms with Crippen LogP contribution < -0.4 is 5.73 Å². The summed E-state index contributed by atoms with van der Waals surface area (Å²) in [6, 6.07) is 20.3. The van der Waals surface area contributed by atoms with Gasteiger partial charge in [0.25, 0.3) is 0 Å². The van der Waals surface area contributed by atoms with Crippen molar-refractivity contribution in [1.82, 2.24) is 19.9 Å². The van der Waals surface area contributed by atoms with Crippen LogP contribution in [0.2, 0.25) is 0 Å².